The van der Waals surface area contributed by atoms with E-state index < -0.39 is 5.97 Å². The van der Waals surface area contributed by atoms with Crippen LogP contribution in [0.3, 0.4) is 0 Å². The molecule has 2 amide bonds. The quantitative estimate of drug-likeness (QED) is 0.669. The van der Waals surface area contributed by atoms with E-state index in [1.807, 2.05) is 6.07 Å². The molecule has 0 radical (unpaired) electrons. The molecular formula is C12H17N3O3. The van der Waals surface area contributed by atoms with Gasteiger partial charge in [-0.05, 0) is 11.1 Å². The zero-order chi connectivity index (χ0) is 13.5. The van der Waals surface area contributed by atoms with E-state index in [4.69, 9.17) is 5.11 Å². The molecule has 0 fully saturated rings. The van der Waals surface area contributed by atoms with E-state index in [0.717, 1.165) is 5.56 Å². The van der Waals surface area contributed by atoms with Gasteiger partial charge in [0, 0.05) is 20.6 Å². The van der Waals surface area contributed by atoms with Crippen molar-refractivity contribution >= 4 is 12.0 Å². The zero-order valence-corrected chi connectivity index (χ0v) is 10.4. The Morgan fingerprint density at radius 1 is 1.22 bits per heavy atom. The number of carbonyl (C=O) groups excluding carboxylic acids is 1. The zero-order valence-electron chi connectivity index (χ0n) is 10.4. The Bertz CT molecular complexity index is 432. The number of hydrazine groups is 1. The van der Waals surface area contributed by atoms with Crippen molar-refractivity contribution in [2.75, 3.05) is 14.1 Å². The highest BCUT2D eigenvalue weighted by atomic mass is 16.4. The molecule has 6 nitrogen and oxygen atoms in total. The van der Waals surface area contributed by atoms with Gasteiger partial charge < -0.3 is 10.4 Å². The molecule has 0 aliphatic heterocycles. The monoisotopic (exact) mass is 251 g/mol. The Morgan fingerprint density at radius 2 is 1.83 bits per heavy atom. The van der Waals surface area contributed by atoms with E-state index in [1.54, 1.807) is 32.3 Å². The number of rotatable bonds is 5. The van der Waals surface area contributed by atoms with Crippen molar-refractivity contribution in [3.8, 4) is 0 Å². The predicted octanol–water partition coefficient (Wildman–Crippen LogP) is 0.589. The highest BCUT2D eigenvalue weighted by molar-refractivity contribution is 5.73. The van der Waals surface area contributed by atoms with Gasteiger partial charge in [-0.15, -0.1) is 0 Å². The first-order valence-corrected chi connectivity index (χ1v) is 5.49. The van der Waals surface area contributed by atoms with E-state index >= 15 is 0 Å². The summed E-state index contributed by atoms with van der Waals surface area (Å²) in [7, 11) is 3.41. The van der Waals surface area contributed by atoms with Crippen molar-refractivity contribution in [2.45, 2.75) is 13.0 Å². The van der Waals surface area contributed by atoms with E-state index in [-0.39, 0.29) is 12.5 Å². The van der Waals surface area contributed by atoms with Gasteiger partial charge in [0.1, 0.15) is 0 Å². The van der Waals surface area contributed by atoms with Crippen LogP contribution >= 0.6 is 0 Å². The molecule has 0 aromatic heterocycles. The number of benzene rings is 1. The average Bonchev–Trinajstić information content (AvgIpc) is 2.26. The summed E-state index contributed by atoms with van der Waals surface area (Å²) in [5.74, 6) is -0.889. The Labute approximate surface area is 106 Å². The number of aliphatic carboxylic acids is 1. The van der Waals surface area contributed by atoms with Crippen LogP contribution in [0.5, 0.6) is 0 Å². The molecule has 0 unspecified atom stereocenters. The second kappa shape index (κ2) is 6.61. The molecule has 1 rings (SSSR count). The first-order chi connectivity index (χ1) is 8.49. The minimum absolute atomic E-state index is 0.0485. The summed E-state index contributed by atoms with van der Waals surface area (Å²) in [5.41, 5.74) is 4.04. The summed E-state index contributed by atoms with van der Waals surface area (Å²) in [6, 6.07) is 6.81. The van der Waals surface area contributed by atoms with Crippen molar-refractivity contribution in [2.24, 2.45) is 0 Å². The number of hydrogen-bond acceptors (Lipinski definition) is 3. The Hall–Kier alpha value is -2.08. The lowest BCUT2D eigenvalue weighted by Gasteiger charge is -2.14. The molecule has 0 bridgehead atoms. The van der Waals surface area contributed by atoms with Crippen LogP contribution in [0.2, 0.25) is 0 Å². The Kier molecular flexibility index (Phi) is 5.13. The van der Waals surface area contributed by atoms with Gasteiger partial charge in [0.05, 0.1) is 6.42 Å². The summed E-state index contributed by atoms with van der Waals surface area (Å²) < 4.78 is 0. The molecule has 0 aliphatic rings. The van der Waals surface area contributed by atoms with Crippen LogP contribution < -0.4 is 10.7 Å². The second-order valence-electron chi connectivity index (χ2n) is 4.03. The number of carbonyl (C=O) groups is 2. The average molecular weight is 251 g/mol. The summed E-state index contributed by atoms with van der Waals surface area (Å²) >= 11 is 0. The maximum Gasteiger partial charge on any atom is 0.329 e. The second-order valence-corrected chi connectivity index (χ2v) is 4.03. The van der Waals surface area contributed by atoms with Gasteiger partial charge >= 0.3 is 12.0 Å². The van der Waals surface area contributed by atoms with E-state index in [0.29, 0.717) is 12.1 Å². The predicted molar refractivity (Wildman–Crippen MR) is 66.8 cm³/mol. The fourth-order valence-corrected chi connectivity index (χ4v) is 1.48. The number of amides is 2. The lowest BCUT2D eigenvalue weighted by molar-refractivity contribution is -0.136. The molecule has 6 heteroatoms. The van der Waals surface area contributed by atoms with Gasteiger partial charge in [-0.1, -0.05) is 24.3 Å². The number of carboxylic acid groups (broad SMARTS) is 1. The van der Waals surface area contributed by atoms with Gasteiger partial charge in [0.2, 0.25) is 0 Å². The van der Waals surface area contributed by atoms with Gasteiger partial charge in [0.15, 0.2) is 0 Å². The highest BCUT2D eigenvalue weighted by Gasteiger charge is 2.07. The third kappa shape index (κ3) is 4.84. The molecule has 0 aliphatic carbocycles. The molecule has 0 spiro atoms. The Balaban J connectivity index is 2.61. The summed E-state index contributed by atoms with van der Waals surface area (Å²) in [5, 5.41) is 13.0. The van der Waals surface area contributed by atoms with Crippen LogP contribution in [0, 0.1) is 0 Å². The molecule has 0 heterocycles. The lowest BCUT2D eigenvalue weighted by atomic mass is 10.0. The fourth-order valence-electron chi connectivity index (χ4n) is 1.48. The molecule has 1 aromatic carbocycles. The topological polar surface area (TPSA) is 81.7 Å². The minimum Gasteiger partial charge on any atom is -0.481 e. The third-order valence-corrected chi connectivity index (χ3v) is 2.22. The van der Waals surface area contributed by atoms with Crippen molar-refractivity contribution in [3.05, 3.63) is 35.4 Å². The molecular weight excluding hydrogens is 234 g/mol. The van der Waals surface area contributed by atoms with Crippen LogP contribution in [0.4, 0.5) is 4.79 Å². The Morgan fingerprint density at radius 3 is 2.39 bits per heavy atom. The third-order valence-electron chi connectivity index (χ3n) is 2.22. The van der Waals surface area contributed by atoms with Gasteiger partial charge in [-0.2, -0.15) is 0 Å². The van der Waals surface area contributed by atoms with Crippen LogP contribution in [-0.4, -0.2) is 36.2 Å². The molecule has 98 valence electrons. The first kappa shape index (κ1) is 14.0. The molecule has 0 saturated heterocycles. The number of urea groups is 1. The van der Waals surface area contributed by atoms with Crippen LogP contribution in [0.15, 0.2) is 24.3 Å². The first-order valence-electron chi connectivity index (χ1n) is 5.49. The fraction of sp³-hybridized carbons (Fsp3) is 0.333. The van der Waals surface area contributed by atoms with Crippen LogP contribution in [0.1, 0.15) is 11.1 Å². The van der Waals surface area contributed by atoms with Crippen molar-refractivity contribution in [1.29, 1.82) is 0 Å². The van der Waals surface area contributed by atoms with E-state index in [2.05, 4.69) is 10.7 Å². The standard InChI is InChI=1S/C12H17N3O3/c1-15(2)14-12(18)13-8-10-6-4-3-5-9(10)7-11(16)17/h3-6H,7-8H2,1-2H3,(H,16,17)(H2,13,14,18). The smallest absolute Gasteiger partial charge is 0.329 e. The van der Waals surface area contributed by atoms with Gasteiger partial charge in [0.25, 0.3) is 0 Å². The number of carboxylic acids is 1. The van der Waals surface area contributed by atoms with Crippen molar-refractivity contribution in [3.63, 3.8) is 0 Å². The summed E-state index contributed by atoms with van der Waals surface area (Å²) in [6.45, 7) is 0.295. The normalized spacial score (nSPS) is 10.2. The van der Waals surface area contributed by atoms with Crippen molar-refractivity contribution in [1.82, 2.24) is 15.8 Å². The molecule has 0 atom stereocenters. The number of hydrogen-bond donors (Lipinski definition) is 3. The minimum atomic E-state index is -0.889. The van der Waals surface area contributed by atoms with E-state index in [9.17, 15) is 9.59 Å². The molecule has 18 heavy (non-hydrogen) atoms. The van der Waals surface area contributed by atoms with Crippen LogP contribution in [-0.2, 0) is 17.8 Å². The van der Waals surface area contributed by atoms with Gasteiger partial charge in [-0.3, -0.25) is 10.2 Å². The maximum absolute atomic E-state index is 11.4. The molecule has 0 saturated carbocycles. The highest BCUT2D eigenvalue weighted by Crippen LogP contribution is 2.09. The summed E-state index contributed by atoms with van der Waals surface area (Å²) in [4.78, 5) is 22.1. The number of nitrogens with zero attached hydrogens (tertiary/aromatic N) is 1. The van der Waals surface area contributed by atoms with Gasteiger partial charge in [-0.25, -0.2) is 9.80 Å². The van der Waals surface area contributed by atoms with Crippen molar-refractivity contribution < 1.29 is 14.7 Å². The largest absolute Gasteiger partial charge is 0.481 e. The molecule has 1 aromatic rings. The molecule has 3 N–H and O–H groups in total. The SMILES string of the molecule is CN(C)NC(=O)NCc1ccccc1CC(=O)O. The lowest BCUT2D eigenvalue weighted by Crippen LogP contribution is -2.43. The van der Waals surface area contributed by atoms with E-state index in [1.165, 1.54) is 5.01 Å². The number of nitrogens with one attached hydrogen (secondary N) is 2. The van der Waals surface area contributed by atoms with Crippen LogP contribution in [0.25, 0.3) is 0 Å². The maximum atomic E-state index is 11.4. The summed E-state index contributed by atoms with van der Waals surface area (Å²) in [6.07, 6.45) is -0.0485.